The molecule has 0 saturated carbocycles. The van der Waals surface area contributed by atoms with E-state index >= 15 is 0 Å². The Hall–Kier alpha value is -3.64. The van der Waals surface area contributed by atoms with Crippen molar-refractivity contribution in [2.75, 3.05) is 13.1 Å². The van der Waals surface area contributed by atoms with Crippen molar-refractivity contribution in [2.45, 2.75) is 24.0 Å². The van der Waals surface area contributed by atoms with E-state index in [2.05, 4.69) is 108 Å². The normalized spacial score (nSPS) is 15.8. The Balaban J connectivity index is 1.56. The number of rotatable bonds is 4. The van der Waals surface area contributed by atoms with E-state index in [1.165, 1.54) is 16.7 Å². The minimum Gasteiger partial charge on any atom is -0.377 e. The maximum atomic E-state index is 11.3. The third-order valence-electron chi connectivity index (χ3n) is 6.85. The van der Waals surface area contributed by atoms with E-state index in [-0.39, 0.29) is 0 Å². The van der Waals surface area contributed by atoms with Gasteiger partial charge in [0.25, 0.3) is 0 Å². The largest absolute Gasteiger partial charge is 0.377 e. The van der Waals surface area contributed by atoms with Gasteiger partial charge in [-0.05, 0) is 28.8 Å². The summed E-state index contributed by atoms with van der Waals surface area (Å²) in [6.45, 7) is 1.47. The molecule has 0 aromatic heterocycles. The highest BCUT2D eigenvalue weighted by Gasteiger charge is 2.45. The first kappa shape index (κ1) is 22.2. The second-order valence-electron chi connectivity index (χ2n) is 8.94. The summed E-state index contributed by atoms with van der Waals surface area (Å²) in [5.74, 6) is 6.37. The zero-order chi connectivity index (χ0) is 23.3. The van der Waals surface area contributed by atoms with Gasteiger partial charge >= 0.3 is 0 Å². The highest BCUT2D eigenvalue weighted by atomic mass is 16.3. The SMILES string of the molecule is OC1(C#Cc2ccccc2)CCN(C(c2ccccc2)(c2ccccc2)c2ccccc2)CC1. The number of likely N-dealkylation sites (tertiary alicyclic amines) is 1. The van der Waals surface area contributed by atoms with E-state index in [0.29, 0.717) is 12.8 Å². The Bertz CT molecular complexity index is 1150. The molecule has 0 radical (unpaired) electrons. The average Bonchev–Trinajstić information content (AvgIpc) is 2.92. The maximum Gasteiger partial charge on any atom is 0.128 e. The van der Waals surface area contributed by atoms with Gasteiger partial charge in [-0.2, -0.15) is 0 Å². The summed E-state index contributed by atoms with van der Waals surface area (Å²) in [5.41, 5.74) is 3.19. The van der Waals surface area contributed by atoms with Crippen molar-refractivity contribution >= 4 is 0 Å². The zero-order valence-electron chi connectivity index (χ0n) is 19.3. The van der Waals surface area contributed by atoms with E-state index < -0.39 is 11.1 Å². The highest BCUT2D eigenvalue weighted by molar-refractivity contribution is 5.50. The molecular weight excluding hydrogens is 414 g/mol. The Morgan fingerprint density at radius 2 is 0.971 bits per heavy atom. The van der Waals surface area contributed by atoms with Crippen molar-refractivity contribution in [3.8, 4) is 11.8 Å². The summed E-state index contributed by atoms with van der Waals surface area (Å²) in [6, 6.07) is 42.1. The van der Waals surface area contributed by atoms with Crippen LogP contribution in [0.25, 0.3) is 0 Å². The predicted molar refractivity (Wildman–Crippen MR) is 138 cm³/mol. The highest BCUT2D eigenvalue weighted by Crippen LogP contribution is 2.44. The minimum atomic E-state index is -0.984. The maximum absolute atomic E-state index is 11.3. The third-order valence-corrected chi connectivity index (χ3v) is 6.85. The van der Waals surface area contributed by atoms with E-state index in [1.807, 2.05) is 30.3 Å². The Morgan fingerprint density at radius 1 is 0.588 bits per heavy atom. The second kappa shape index (κ2) is 9.69. The zero-order valence-corrected chi connectivity index (χ0v) is 19.3. The molecule has 2 nitrogen and oxygen atoms in total. The Morgan fingerprint density at radius 3 is 1.38 bits per heavy atom. The van der Waals surface area contributed by atoms with Crippen molar-refractivity contribution < 1.29 is 5.11 Å². The minimum absolute atomic E-state index is 0.446. The third kappa shape index (κ3) is 4.29. The van der Waals surface area contributed by atoms with Gasteiger partial charge in [0, 0.05) is 31.5 Å². The predicted octanol–water partition coefficient (Wildman–Crippen LogP) is 5.86. The Labute approximate surface area is 202 Å². The van der Waals surface area contributed by atoms with Crippen molar-refractivity contribution in [1.82, 2.24) is 4.90 Å². The van der Waals surface area contributed by atoms with Crippen LogP contribution in [0.2, 0.25) is 0 Å². The van der Waals surface area contributed by atoms with Gasteiger partial charge in [-0.3, -0.25) is 4.90 Å². The van der Waals surface area contributed by atoms with Crippen LogP contribution in [0.3, 0.4) is 0 Å². The van der Waals surface area contributed by atoms with Gasteiger partial charge in [0.2, 0.25) is 0 Å². The summed E-state index contributed by atoms with van der Waals surface area (Å²) in [5, 5.41) is 11.3. The van der Waals surface area contributed by atoms with E-state index in [1.54, 1.807) is 0 Å². The molecule has 1 heterocycles. The number of nitrogens with zero attached hydrogens (tertiary/aromatic N) is 1. The van der Waals surface area contributed by atoms with Gasteiger partial charge in [-0.1, -0.05) is 121 Å². The topological polar surface area (TPSA) is 23.5 Å². The molecule has 0 spiro atoms. The second-order valence-corrected chi connectivity index (χ2v) is 8.94. The molecule has 2 heteroatoms. The summed E-state index contributed by atoms with van der Waals surface area (Å²) in [4.78, 5) is 2.52. The lowest BCUT2D eigenvalue weighted by Crippen LogP contribution is -2.54. The first-order chi connectivity index (χ1) is 16.7. The van der Waals surface area contributed by atoms with Crippen LogP contribution >= 0.6 is 0 Å². The van der Waals surface area contributed by atoms with Crippen molar-refractivity contribution in [3.05, 3.63) is 144 Å². The smallest absolute Gasteiger partial charge is 0.128 e. The van der Waals surface area contributed by atoms with Crippen LogP contribution in [0.4, 0.5) is 0 Å². The van der Waals surface area contributed by atoms with Gasteiger partial charge in [0.1, 0.15) is 5.60 Å². The number of aliphatic hydroxyl groups is 1. The average molecular weight is 444 g/mol. The van der Waals surface area contributed by atoms with Gasteiger partial charge < -0.3 is 5.11 Å². The van der Waals surface area contributed by atoms with Crippen LogP contribution in [0, 0.1) is 11.8 Å². The molecule has 0 unspecified atom stereocenters. The molecular formula is C32H29NO. The van der Waals surface area contributed by atoms with Crippen LogP contribution in [-0.2, 0) is 5.54 Å². The van der Waals surface area contributed by atoms with Gasteiger partial charge in [-0.25, -0.2) is 0 Å². The van der Waals surface area contributed by atoms with Crippen LogP contribution in [0.5, 0.6) is 0 Å². The number of hydrogen-bond acceptors (Lipinski definition) is 2. The molecule has 168 valence electrons. The Kier molecular flexibility index (Phi) is 6.32. The van der Waals surface area contributed by atoms with Crippen LogP contribution in [0.15, 0.2) is 121 Å². The van der Waals surface area contributed by atoms with Gasteiger partial charge in [-0.15, -0.1) is 0 Å². The monoisotopic (exact) mass is 443 g/mol. The summed E-state index contributed by atoms with van der Waals surface area (Å²) < 4.78 is 0. The lowest BCUT2D eigenvalue weighted by molar-refractivity contribution is 0.00196. The first-order valence-corrected chi connectivity index (χ1v) is 11.9. The fraction of sp³-hybridized carbons (Fsp3) is 0.188. The van der Waals surface area contributed by atoms with Crippen LogP contribution in [0.1, 0.15) is 35.1 Å². The fourth-order valence-corrected chi connectivity index (χ4v) is 5.13. The number of benzene rings is 4. The summed E-state index contributed by atoms with van der Waals surface area (Å²) >= 11 is 0. The van der Waals surface area contributed by atoms with Crippen LogP contribution < -0.4 is 0 Å². The lowest BCUT2D eigenvalue weighted by atomic mass is 9.74. The first-order valence-electron chi connectivity index (χ1n) is 11.9. The van der Waals surface area contributed by atoms with Crippen molar-refractivity contribution in [3.63, 3.8) is 0 Å². The molecule has 34 heavy (non-hydrogen) atoms. The van der Waals surface area contributed by atoms with E-state index in [9.17, 15) is 5.11 Å². The standard InChI is InChI=1S/C32H29NO/c34-31(22-21-27-13-5-1-6-14-27)23-25-33(26-24-31)32(28-15-7-2-8-16-28,29-17-9-3-10-18-29)30-19-11-4-12-20-30/h1-20,34H,23-26H2. The fourth-order valence-electron chi connectivity index (χ4n) is 5.13. The van der Waals surface area contributed by atoms with E-state index in [4.69, 9.17) is 0 Å². The molecule has 4 aromatic carbocycles. The lowest BCUT2D eigenvalue weighted by Gasteiger charge is -2.49. The van der Waals surface area contributed by atoms with Crippen LogP contribution in [-0.4, -0.2) is 28.7 Å². The molecule has 1 aliphatic heterocycles. The van der Waals surface area contributed by atoms with Gasteiger partial charge in [0.15, 0.2) is 0 Å². The summed E-state index contributed by atoms with van der Waals surface area (Å²) in [7, 11) is 0. The molecule has 5 rings (SSSR count). The van der Waals surface area contributed by atoms with Gasteiger partial charge in [0.05, 0.1) is 5.54 Å². The molecule has 1 aliphatic rings. The summed E-state index contributed by atoms with van der Waals surface area (Å²) in [6.07, 6.45) is 1.20. The molecule has 0 aliphatic carbocycles. The molecule has 4 aromatic rings. The quantitative estimate of drug-likeness (QED) is 0.316. The van der Waals surface area contributed by atoms with Crippen molar-refractivity contribution in [1.29, 1.82) is 0 Å². The number of piperidine rings is 1. The molecule has 1 fully saturated rings. The van der Waals surface area contributed by atoms with E-state index in [0.717, 1.165) is 18.7 Å². The van der Waals surface area contributed by atoms with Crippen molar-refractivity contribution in [2.24, 2.45) is 0 Å². The number of hydrogen-bond donors (Lipinski definition) is 1. The molecule has 0 atom stereocenters. The molecule has 1 saturated heterocycles. The molecule has 0 amide bonds. The molecule has 0 bridgehead atoms. The molecule has 1 N–H and O–H groups in total.